The van der Waals surface area contributed by atoms with Crippen molar-refractivity contribution in [2.75, 3.05) is 52.7 Å². The summed E-state index contributed by atoms with van der Waals surface area (Å²) in [6, 6.07) is 0. The molecule has 8 bridgehead atoms. The maximum Gasteiger partial charge on any atom is 0.508 e. The molecule has 0 aliphatic heterocycles. The van der Waals surface area contributed by atoms with Gasteiger partial charge in [0.25, 0.3) is 0 Å². The predicted molar refractivity (Wildman–Crippen MR) is 200 cm³/mol. The van der Waals surface area contributed by atoms with E-state index in [4.69, 9.17) is 23.7 Å². The van der Waals surface area contributed by atoms with Gasteiger partial charge in [0.05, 0.1) is 25.6 Å². The van der Waals surface area contributed by atoms with E-state index in [0.717, 1.165) is 87.2 Å². The van der Waals surface area contributed by atoms with Crippen molar-refractivity contribution in [2.24, 2.45) is 52.3 Å². The Labute approximate surface area is 318 Å². The minimum absolute atomic E-state index is 0.0126. The number of hydrogen-bond acceptors (Lipinski definition) is 10. The van der Waals surface area contributed by atoms with Crippen LogP contribution < -0.4 is 0 Å². The summed E-state index contributed by atoms with van der Waals surface area (Å²) < 4.78 is 27.7. The summed E-state index contributed by atoms with van der Waals surface area (Å²) in [5.74, 6) is 3.77. The largest absolute Gasteiger partial charge is 0.508 e. The van der Waals surface area contributed by atoms with Crippen molar-refractivity contribution in [1.29, 1.82) is 0 Å². The van der Waals surface area contributed by atoms with E-state index in [1.807, 2.05) is 0 Å². The van der Waals surface area contributed by atoms with Gasteiger partial charge in [0.2, 0.25) is 0 Å². The lowest BCUT2D eigenvalue weighted by Crippen LogP contribution is -2.47. The van der Waals surface area contributed by atoms with Gasteiger partial charge < -0.3 is 28.6 Å². The van der Waals surface area contributed by atoms with Crippen LogP contribution in [0.2, 0.25) is 0 Å². The highest BCUT2D eigenvalue weighted by Gasteiger charge is 2.52. The zero-order valence-electron chi connectivity index (χ0n) is 33.0. The fourth-order valence-corrected chi connectivity index (χ4v) is 12.5. The molecule has 300 valence electrons. The van der Waals surface area contributed by atoms with Crippen LogP contribution in [0, 0.1) is 52.3 Å². The quantitative estimate of drug-likeness (QED) is 0.0575. The van der Waals surface area contributed by atoms with Gasteiger partial charge in [-0.2, -0.15) is 0 Å². The predicted octanol–water partition coefficient (Wildman–Crippen LogP) is 8.28. The summed E-state index contributed by atoms with van der Waals surface area (Å²) in [5.41, 5.74) is 0.495. The molecule has 0 saturated heterocycles. The van der Waals surface area contributed by atoms with Crippen LogP contribution in [0.5, 0.6) is 0 Å². The number of hydrogen-bond donors (Lipinski definition) is 0. The molecule has 8 aliphatic carbocycles. The second-order valence-electron chi connectivity index (χ2n) is 18.6. The van der Waals surface area contributed by atoms with E-state index in [1.165, 1.54) is 57.8 Å². The molecule has 1 atom stereocenters. The van der Waals surface area contributed by atoms with Crippen LogP contribution in [0.1, 0.15) is 142 Å². The minimum atomic E-state index is -0.771. The Morgan fingerprint density at radius 1 is 0.547 bits per heavy atom. The first-order chi connectivity index (χ1) is 25.6. The van der Waals surface area contributed by atoms with Gasteiger partial charge in [-0.15, -0.1) is 0 Å². The van der Waals surface area contributed by atoms with Gasteiger partial charge in [-0.05, 0) is 162 Å². The molecule has 8 aliphatic rings. The van der Waals surface area contributed by atoms with Crippen molar-refractivity contribution in [3.8, 4) is 0 Å². The summed E-state index contributed by atoms with van der Waals surface area (Å²) in [7, 11) is 0. The first-order valence-corrected chi connectivity index (χ1v) is 21.6. The van der Waals surface area contributed by atoms with Crippen molar-refractivity contribution in [1.82, 2.24) is 4.90 Å². The molecule has 53 heavy (non-hydrogen) atoms. The average Bonchev–Trinajstić information content (AvgIpc) is 3.09. The Hall–Kier alpha value is -2.36. The molecule has 8 fully saturated rings. The highest BCUT2D eigenvalue weighted by atomic mass is 16.7. The van der Waals surface area contributed by atoms with Gasteiger partial charge >= 0.3 is 24.1 Å². The zero-order chi connectivity index (χ0) is 37.3. The van der Waals surface area contributed by atoms with Gasteiger partial charge in [-0.1, -0.05) is 20.3 Å². The summed E-state index contributed by atoms with van der Waals surface area (Å²) >= 11 is 0. The van der Waals surface area contributed by atoms with E-state index < -0.39 is 12.1 Å². The molecule has 0 aromatic rings. The van der Waals surface area contributed by atoms with Gasteiger partial charge in [0.15, 0.2) is 0 Å². The lowest BCUT2D eigenvalue weighted by atomic mass is 9.49. The van der Waals surface area contributed by atoms with E-state index >= 15 is 0 Å². The van der Waals surface area contributed by atoms with E-state index in [2.05, 4.69) is 18.7 Å². The molecule has 0 aromatic carbocycles. The van der Waals surface area contributed by atoms with E-state index in [1.54, 1.807) is 0 Å². The smallest absolute Gasteiger partial charge is 0.466 e. The molecule has 8 rings (SSSR count). The second-order valence-corrected chi connectivity index (χ2v) is 18.6. The second kappa shape index (κ2) is 19.0. The third kappa shape index (κ3) is 11.8. The lowest BCUT2D eigenvalue weighted by molar-refractivity contribution is -0.155. The van der Waals surface area contributed by atoms with Gasteiger partial charge in [0, 0.05) is 19.4 Å². The van der Waals surface area contributed by atoms with E-state index in [9.17, 15) is 19.2 Å². The molecule has 0 spiro atoms. The molecule has 10 heteroatoms. The maximum atomic E-state index is 13.1. The monoisotopic (exact) mass is 743 g/mol. The number of unbranched alkanes of at least 4 members (excludes halogenated alkanes) is 2. The van der Waals surface area contributed by atoms with Crippen molar-refractivity contribution in [3.63, 3.8) is 0 Å². The highest BCUT2D eigenvalue weighted by Crippen LogP contribution is 2.62. The molecule has 0 heterocycles. The third-order valence-corrected chi connectivity index (χ3v) is 14.1. The van der Waals surface area contributed by atoms with E-state index in [-0.39, 0.29) is 56.2 Å². The zero-order valence-corrected chi connectivity index (χ0v) is 33.0. The minimum Gasteiger partial charge on any atom is -0.466 e. The molecule has 0 aromatic heterocycles. The molecule has 10 nitrogen and oxygen atoms in total. The Morgan fingerprint density at radius 2 is 1.02 bits per heavy atom. The number of esters is 3. The van der Waals surface area contributed by atoms with Gasteiger partial charge in [-0.25, -0.2) is 4.79 Å². The first kappa shape index (κ1) is 40.3. The topological polar surface area (TPSA) is 118 Å². The molecule has 0 N–H and O–H groups in total. The van der Waals surface area contributed by atoms with Crippen molar-refractivity contribution < 1.29 is 42.9 Å². The van der Waals surface area contributed by atoms with Gasteiger partial charge in [0.1, 0.15) is 19.8 Å². The Balaban J connectivity index is 0.859. The van der Waals surface area contributed by atoms with Crippen LogP contribution in [-0.2, 0) is 38.1 Å². The maximum absolute atomic E-state index is 13.1. The van der Waals surface area contributed by atoms with Crippen LogP contribution in [0.15, 0.2) is 0 Å². The Morgan fingerprint density at radius 3 is 1.55 bits per heavy atom. The Bertz CT molecular complexity index is 1160. The summed E-state index contributed by atoms with van der Waals surface area (Å²) in [6.07, 6.45) is 19.6. The number of nitrogens with zero attached hydrogens (tertiary/aromatic N) is 1. The van der Waals surface area contributed by atoms with Crippen molar-refractivity contribution >= 4 is 24.1 Å². The molecule has 8 saturated carbocycles. The standard InChI is InChI=1S/C43H69NO9/c1-3-44(4-2)12-8-13-50-41(48)53-30-37(29-52-40(47)27-43-24-34-18-35(25-43)20-36(19-34)26-43)28-51-39(46)10-7-5-6-9-38(45)49-14-11-42-21-31-15-32(22-42)17-33(16-31)23-42/h31-37H,3-30H2,1-2H3. The number of carbonyl (C=O) groups excluding carboxylic acids is 4. The molecular weight excluding hydrogens is 674 g/mol. The third-order valence-electron chi connectivity index (χ3n) is 14.1. The lowest BCUT2D eigenvalue weighted by Gasteiger charge is -2.57. The fourth-order valence-electron chi connectivity index (χ4n) is 12.5. The first-order valence-electron chi connectivity index (χ1n) is 21.6. The highest BCUT2D eigenvalue weighted by molar-refractivity contribution is 5.71. The molecule has 0 radical (unpaired) electrons. The van der Waals surface area contributed by atoms with E-state index in [0.29, 0.717) is 44.1 Å². The normalized spacial score (nSPS) is 32.4. The van der Waals surface area contributed by atoms with Crippen LogP contribution >= 0.6 is 0 Å². The van der Waals surface area contributed by atoms with Crippen LogP contribution in [0.4, 0.5) is 4.79 Å². The number of rotatable bonds is 23. The summed E-state index contributed by atoms with van der Waals surface area (Å²) in [4.78, 5) is 52.8. The fraction of sp³-hybridized carbons (Fsp3) is 0.907. The summed E-state index contributed by atoms with van der Waals surface area (Å²) in [6.45, 7) is 7.64. The van der Waals surface area contributed by atoms with Crippen LogP contribution in [0.25, 0.3) is 0 Å². The average molecular weight is 744 g/mol. The molecule has 0 amide bonds. The molecule has 1 unspecified atom stereocenters. The number of carbonyl (C=O) groups is 4. The molecular formula is C43H69NO9. The summed E-state index contributed by atoms with van der Waals surface area (Å²) in [5, 5.41) is 0. The van der Waals surface area contributed by atoms with Gasteiger partial charge in [-0.3, -0.25) is 14.4 Å². The van der Waals surface area contributed by atoms with Crippen molar-refractivity contribution in [2.45, 2.75) is 142 Å². The SMILES string of the molecule is CCN(CC)CCCOC(=O)OCC(COC(=O)CCCCCC(=O)OCCC12CC3CC(CC(C3)C1)C2)COC(=O)CC12CC3CC(CC(C3)C1)C2. The Kier molecular flexibility index (Phi) is 14.4. The van der Waals surface area contributed by atoms with Crippen molar-refractivity contribution in [3.05, 3.63) is 0 Å². The van der Waals surface area contributed by atoms with Crippen LogP contribution in [-0.4, -0.2) is 81.6 Å². The number of ether oxygens (including phenoxy) is 5. The van der Waals surface area contributed by atoms with Crippen LogP contribution in [0.3, 0.4) is 0 Å².